The Morgan fingerprint density at radius 3 is 2.43 bits per heavy atom. The summed E-state index contributed by atoms with van der Waals surface area (Å²) in [5, 5.41) is 2.58. The number of benzene rings is 1. The van der Waals surface area contributed by atoms with Gasteiger partial charge >= 0.3 is 13.5 Å². The maximum Gasteiger partial charge on any atom is 0.324 e. The van der Waals surface area contributed by atoms with E-state index >= 15 is 0 Å². The van der Waals surface area contributed by atoms with E-state index in [0.29, 0.717) is 12.0 Å². The number of para-hydroxylation sites is 1. The van der Waals surface area contributed by atoms with Crippen LogP contribution in [0.2, 0.25) is 0 Å². The molecule has 0 aliphatic heterocycles. The summed E-state index contributed by atoms with van der Waals surface area (Å²) in [5.74, 6) is -0.188. The van der Waals surface area contributed by atoms with E-state index in [0.717, 1.165) is 0 Å². The van der Waals surface area contributed by atoms with Crippen LogP contribution in [0.15, 0.2) is 30.3 Å². The lowest BCUT2D eigenvalue weighted by molar-refractivity contribution is -0.149. The number of carbonyl (C=O) groups excluding carboxylic acids is 2. The molecule has 116 valence electrons. The molecule has 0 radical (unpaired) electrons. The van der Waals surface area contributed by atoms with Gasteiger partial charge in [0, 0.05) is 0 Å². The van der Waals surface area contributed by atoms with Crippen molar-refractivity contribution in [2.75, 3.05) is 6.16 Å². The summed E-state index contributed by atoms with van der Waals surface area (Å²) in [4.78, 5) is 22.5. The molecule has 1 aromatic carbocycles. The molecule has 2 atom stereocenters. The van der Waals surface area contributed by atoms with Crippen molar-refractivity contribution in [1.29, 1.82) is 0 Å². The van der Waals surface area contributed by atoms with Crippen LogP contribution in [0.4, 0.5) is 0 Å². The summed E-state index contributed by atoms with van der Waals surface area (Å²) in [6.45, 7) is 4.95. The second-order valence-electron chi connectivity index (χ2n) is 4.76. The molecule has 1 N–H and O–H groups in total. The maximum atomic E-state index is 12.6. The molecule has 0 heterocycles. The monoisotopic (exact) mass is 313 g/mol. The topological polar surface area (TPSA) is 81.7 Å². The highest BCUT2D eigenvalue weighted by atomic mass is 31.2. The van der Waals surface area contributed by atoms with E-state index < -0.39 is 19.5 Å². The van der Waals surface area contributed by atoms with Gasteiger partial charge in [-0.25, -0.2) is 5.09 Å². The second-order valence-corrected chi connectivity index (χ2v) is 6.92. The fraction of sp³-hybridized carbons (Fsp3) is 0.429. The van der Waals surface area contributed by atoms with Crippen LogP contribution in [0.1, 0.15) is 20.8 Å². The van der Waals surface area contributed by atoms with E-state index in [-0.39, 0.29) is 12.3 Å². The summed E-state index contributed by atoms with van der Waals surface area (Å²) in [7, 11) is -3.51. The highest BCUT2D eigenvalue weighted by Gasteiger charge is 2.30. The van der Waals surface area contributed by atoms with Crippen molar-refractivity contribution < 1.29 is 23.4 Å². The van der Waals surface area contributed by atoms with Crippen molar-refractivity contribution in [3.63, 3.8) is 0 Å². The lowest BCUT2D eigenvalue weighted by atomic mass is 10.3. The lowest BCUT2D eigenvalue weighted by Crippen LogP contribution is -2.36. The Kier molecular flexibility index (Phi) is 6.59. The Morgan fingerprint density at radius 1 is 1.29 bits per heavy atom. The first-order chi connectivity index (χ1) is 9.86. The summed E-state index contributed by atoms with van der Waals surface area (Å²) in [5.41, 5.74) is 0. The predicted octanol–water partition coefficient (Wildman–Crippen LogP) is 2.39. The minimum atomic E-state index is -3.51. The minimum absolute atomic E-state index is 0.276. The SMILES string of the molecule is CC(C)OC(=O)[C@H](C)NP(=O)(CC=O)Oc1ccccc1. The molecule has 1 unspecified atom stereocenters. The van der Waals surface area contributed by atoms with Crippen LogP contribution in [0.25, 0.3) is 0 Å². The van der Waals surface area contributed by atoms with Crippen molar-refractivity contribution >= 4 is 19.8 Å². The summed E-state index contributed by atoms with van der Waals surface area (Å²) >= 11 is 0. The molecule has 0 bridgehead atoms. The number of rotatable bonds is 8. The standard InChI is InChI=1S/C14H20NO5P/c1-11(2)19-14(17)12(3)15-21(18,10-9-16)20-13-7-5-4-6-8-13/h4-9,11-12H,10H2,1-3H3,(H,15,18)/t12-,21?/m0/s1. The van der Waals surface area contributed by atoms with E-state index in [9.17, 15) is 14.2 Å². The van der Waals surface area contributed by atoms with E-state index in [4.69, 9.17) is 9.26 Å². The van der Waals surface area contributed by atoms with Gasteiger partial charge in [-0.15, -0.1) is 0 Å². The Hall–Kier alpha value is -1.65. The van der Waals surface area contributed by atoms with Crippen molar-refractivity contribution in [3.8, 4) is 5.75 Å². The number of hydrogen-bond acceptors (Lipinski definition) is 5. The quantitative estimate of drug-likeness (QED) is 0.451. The maximum absolute atomic E-state index is 12.6. The normalized spacial score (nSPS) is 15.0. The van der Waals surface area contributed by atoms with Gasteiger partial charge in [-0.05, 0) is 32.9 Å². The zero-order valence-corrected chi connectivity index (χ0v) is 13.2. The summed E-state index contributed by atoms with van der Waals surface area (Å²) in [6.07, 6.45) is -0.111. The molecule has 6 nitrogen and oxygen atoms in total. The van der Waals surface area contributed by atoms with Crippen molar-refractivity contribution in [1.82, 2.24) is 5.09 Å². The molecule has 21 heavy (non-hydrogen) atoms. The first-order valence-corrected chi connectivity index (χ1v) is 8.43. The number of esters is 1. The van der Waals surface area contributed by atoms with Crippen LogP contribution >= 0.6 is 7.52 Å². The number of carbonyl (C=O) groups is 2. The highest BCUT2D eigenvalue weighted by Crippen LogP contribution is 2.42. The van der Waals surface area contributed by atoms with Crippen LogP contribution in [0.3, 0.4) is 0 Å². The zero-order valence-electron chi connectivity index (χ0n) is 12.3. The Bertz CT molecular complexity index is 517. The van der Waals surface area contributed by atoms with Crippen LogP contribution in [-0.4, -0.2) is 30.6 Å². The van der Waals surface area contributed by atoms with Gasteiger partial charge in [0.05, 0.1) is 6.10 Å². The Balaban J connectivity index is 2.78. The number of hydrogen-bond donors (Lipinski definition) is 1. The van der Waals surface area contributed by atoms with E-state index in [2.05, 4.69) is 5.09 Å². The first kappa shape index (κ1) is 17.4. The van der Waals surface area contributed by atoms with Gasteiger partial charge in [-0.1, -0.05) is 18.2 Å². The van der Waals surface area contributed by atoms with E-state index in [1.165, 1.54) is 6.92 Å². The smallest absolute Gasteiger partial charge is 0.324 e. The molecule has 0 aliphatic carbocycles. The summed E-state index contributed by atoms with van der Waals surface area (Å²) < 4.78 is 23.0. The third-order valence-electron chi connectivity index (χ3n) is 2.41. The molecule has 7 heteroatoms. The molecule has 0 saturated carbocycles. The molecule has 0 saturated heterocycles. The molecular weight excluding hydrogens is 293 g/mol. The van der Waals surface area contributed by atoms with Crippen molar-refractivity contribution in [2.45, 2.75) is 32.9 Å². The highest BCUT2D eigenvalue weighted by molar-refractivity contribution is 7.58. The molecule has 1 aromatic rings. The molecule has 0 spiro atoms. The fourth-order valence-corrected chi connectivity index (χ4v) is 3.13. The third kappa shape index (κ3) is 6.10. The van der Waals surface area contributed by atoms with Gasteiger partial charge in [0.25, 0.3) is 0 Å². The van der Waals surface area contributed by atoms with Gasteiger partial charge in [-0.3, -0.25) is 9.36 Å². The molecule has 0 aliphatic rings. The van der Waals surface area contributed by atoms with Crippen molar-refractivity contribution in [3.05, 3.63) is 30.3 Å². The molecule has 1 rings (SSSR count). The van der Waals surface area contributed by atoms with Gasteiger partial charge in [-0.2, -0.15) is 0 Å². The van der Waals surface area contributed by atoms with Gasteiger partial charge in [0.2, 0.25) is 0 Å². The summed E-state index contributed by atoms with van der Waals surface area (Å²) in [6, 6.07) is 7.62. The van der Waals surface area contributed by atoms with Crippen LogP contribution in [-0.2, 0) is 18.9 Å². The number of nitrogens with one attached hydrogen (secondary N) is 1. The van der Waals surface area contributed by atoms with E-state index in [1.807, 2.05) is 0 Å². The molecule has 0 amide bonds. The largest absolute Gasteiger partial charge is 0.462 e. The van der Waals surface area contributed by atoms with Gasteiger partial charge in [0.1, 0.15) is 24.2 Å². The number of aldehydes is 1. The van der Waals surface area contributed by atoms with Gasteiger partial charge in [0.15, 0.2) is 0 Å². The Labute approximate surface area is 124 Å². The molecule has 0 fully saturated rings. The third-order valence-corrected chi connectivity index (χ3v) is 4.32. The minimum Gasteiger partial charge on any atom is -0.462 e. The fourth-order valence-electron chi connectivity index (χ4n) is 1.55. The molecular formula is C14H20NO5P. The van der Waals surface area contributed by atoms with Crippen LogP contribution in [0.5, 0.6) is 5.75 Å². The predicted molar refractivity (Wildman–Crippen MR) is 79.4 cm³/mol. The second kappa shape index (κ2) is 7.96. The van der Waals surface area contributed by atoms with Gasteiger partial charge < -0.3 is 14.1 Å². The molecule has 0 aromatic heterocycles. The Morgan fingerprint density at radius 2 is 1.90 bits per heavy atom. The van der Waals surface area contributed by atoms with Crippen LogP contribution in [0, 0.1) is 0 Å². The lowest BCUT2D eigenvalue weighted by Gasteiger charge is -2.22. The average Bonchev–Trinajstić information content (AvgIpc) is 2.38. The van der Waals surface area contributed by atoms with Crippen LogP contribution < -0.4 is 9.61 Å². The number of ether oxygens (including phenoxy) is 1. The first-order valence-electron chi connectivity index (χ1n) is 6.62. The zero-order chi connectivity index (χ0) is 15.9. The van der Waals surface area contributed by atoms with Crippen molar-refractivity contribution in [2.24, 2.45) is 0 Å². The average molecular weight is 313 g/mol. The van der Waals surface area contributed by atoms with E-state index in [1.54, 1.807) is 44.2 Å².